The number of carbonyl (C=O) groups is 1. The molecule has 112 valence electrons. The van der Waals surface area contributed by atoms with Crippen LogP contribution in [0.3, 0.4) is 0 Å². The monoisotopic (exact) mass is 280 g/mol. The number of hydrogen-bond donors (Lipinski definition) is 3. The number of hydrogen-bond acceptors (Lipinski definition) is 4. The first-order chi connectivity index (χ1) is 9.23. The molecule has 0 radical (unpaired) electrons. The predicted molar refractivity (Wildman–Crippen MR) is 80.0 cm³/mol. The topological polar surface area (TPSA) is 84.6 Å². The first-order valence-corrected chi connectivity index (χ1v) is 6.76. The van der Waals surface area contributed by atoms with Crippen LogP contribution in [0.2, 0.25) is 0 Å². The second kappa shape index (κ2) is 6.61. The fourth-order valence-electron chi connectivity index (χ4n) is 1.85. The fourth-order valence-corrected chi connectivity index (χ4v) is 1.85. The van der Waals surface area contributed by atoms with Gasteiger partial charge in [-0.3, -0.25) is 5.32 Å². The van der Waals surface area contributed by atoms with E-state index in [4.69, 9.17) is 10.5 Å². The van der Waals surface area contributed by atoms with Gasteiger partial charge in [0.1, 0.15) is 11.4 Å². The summed E-state index contributed by atoms with van der Waals surface area (Å²) in [4.78, 5) is 11.7. The van der Waals surface area contributed by atoms with Crippen LogP contribution in [0, 0.1) is 0 Å². The third-order valence-corrected chi connectivity index (χ3v) is 2.80. The zero-order valence-electron chi connectivity index (χ0n) is 12.6. The molecule has 0 fully saturated rings. The number of ether oxygens (including phenoxy) is 1. The molecule has 1 amide bonds. The summed E-state index contributed by atoms with van der Waals surface area (Å²) in [7, 11) is 0. The maximum atomic E-state index is 11.7. The summed E-state index contributed by atoms with van der Waals surface area (Å²) in [5, 5.41) is 12.5. The maximum absolute atomic E-state index is 11.7. The van der Waals surface area contributed by atoms with Crippen molar-refractivity contribution in [2.45, 2.75) is 45.6 Å². The van der Waals surface area contributed by atoms with E-state index in [2.05, 4.69) is 5.32 Å². The Morgan fingerprint density at radius 2 is 2.10 bits per heavy atom. The molecule has 5 heteroatoms. The molecule has 0 aliphatic heterocycles. The van der Waals surface area contributed by atoms with E-state index < -0.39 is 11.7 Å². The molecule has 0 bridgehead atoms. The van der Waals surface area contributed by atoms with Crippen molar-refractivity contribution in [2.24, 2.45) is 5.73 Å². The standard InChI is InChI=1S/C15H24N2O3/c1-10(7-8-16)12-9-11(5-6-13(12)18)17-14(19)20-15(2,3)4/h5-6,9-10,18H,7-8,16H2,1-4H3,(H,17,19). The molecule has 0 aromatic heterocycles. The van der Waals surface area contributed by atoms with Gasteiger partial charge in [0.05, 0.1) is 0 Å². The summed E-state index contributed by atoms with van der Waals surface area (Å²) in [6.07, 6.45) is 0.254. The van der Waals surface area contributed by atoms with Gasteiger partial charge in [-0.2, -0.15) is 0 Å². The average molecular weight is 280 g/mol. The lowest BCUT2D eigenvalue weighted by Crippen LogP contribution is -2.27. The van der Waals surface area contributed by atoms with Crippen LogP contribution in [-0.4, -0.2) is 23.3 Å². The average Bonchev–Trinajstić information content (AvgIpc) is 2.29. The molecule has 0 heterocycles. The van der Waals surface area contributed by atoms with Crippen LogP contribution in [0.5, 0.6) is 5.75 Å². The minimum atomic E-state index is -0.545. The van der Waals surface area contributed by atoms with Crippen molar-refractivity contribution in [3.05, 3.63) is 23.8 Å². The number of benzene rings is 1. The van der Waals surface area contributed by atoms with Crippen LogP contribution in [0.1, 0.15) is 45.6 Å². The molecule has 4 N–H and O–H groups in total. The lowest BCUT2D eigenvalue weighted by molar-refractivity contribution is 0.0636. The molecule has 1 atom stereocenters. The van der Waals surface area contributed by atoms with E-state index in [0.29, 0.717) is 12.2 Å². The number of nitrogens with one attached hydrogen (secondary N) is 1. The van der Waals surface area contributed by atoms with E-state index in [0.717, 1.165) is 12.0 Å². The fraction of sp³-hybridized carbons (Fsp3) is 0.533. The van der Waals surface area contributed by atoms with E-state index >= 15 is 0 Å². The molecule has 1 aromatic rings. The van der Waals surface area contributed by atoms with Crippen molar-refractivity contribution in [1.29, 1.82) is 0 Å². The maximum Gasteiger partial charge on any atom is 0.412 e. The van der Waals surface area contributed by atoms with E-state index in [1.54, 1.807) is 39.0 Å². The highest BCUT2D eigenvalue weighted by Crippen LogP contribution is 2.30. The molecule has 0 aliphatic carbocycles. The number of aromatic hydroxyl groups is 1. The number of amides is 1. The highest BCUT2D eigenvalue weighted by Gasteiger charge is 2.17. The third-order valence-electron chi connectivity index (χ3n) is 2.80. The summed E-state index contributed by atoms with van der Waals surface area (Å²) < 4.78 is 5.19. The largest absolute Gasteiger partial charge is 0.508 e. The van der Waals surface area contributed by atoms with Gasteiger partial charge in [0.25, 0.3) is 0 Å². The Bertz CT molecular complexity index is 467. The van der Waals surface area contributed by atoms with Gasteiger partial charge < -0.3 is 15.6 Å². The molecular formula is C15H24N2O3. The Kier molecular flexibility index (Phi) is 5.39. The molecule has 20 heavy (non-hydrogen) atoms. The third kappa shape index (κ3) is 5.09. The summed E-state index contributed by atoms with van der Waals surface area (Å²) >= 11 is 0. The van der Waals surface area contributed by atoms with Crippen LogP contribution < -0.4 is 11.1 Å². The number of rotatable bonds is 4. The van der Waals surface area contributed by atoms with Crippen molar-refractivity contribution >= 4 is 11.8 Å². The van der Waals surface area contributed by atoms with Gasteiger partial charge in [-0.05, 0) is 63.4 Å². The Morgan fingerprint density at radius 3 is 2.65 bits per heavy atom. The van der Waals surface area contributed by atoms with Gasteiger partial charge in [-0.15, -0.1) is 0 Å². The second-order valence-electron chi connectivity index (χ2n) is 5.88. The molecular weight excluding hydrogens is 256 g/mol. The van der Waals surface area contributed by atoms with Crippen molar-refractivity contribution in [2.75, 3.05) is 11.9 Å². The smallest absolute Gasteiger partial charge is 0.412 e. The van der Waals surface area contributed by atoms with E-state index in [-0.39, 0.29) is 11.7 Å². The van der Waals surface area contributed by atoms with Crippen LogP contribution in [0.25, 0.3) is 0 Å². The first-order valence-electron chi connectivity index (χ1n) is 6.76. The molecule has 5 nitrogen and oxygen atoms in total. The van der Waals surface area contributed by atoms with Gasteiger partial charge in [0.15, 0.2) is 0 Å². The summed E-state index contributed by atoms with van der Waals surface area (Å²) in [6.45, 7) is 7.94. The quantitative estimate of drug-likeness (QED) is 0.739. The minimum absolute atomic E-state index is 0.125. The van der Waals surface area contributed by atoms with Crippen LogP contribution >= 0.6 is 0 Å². The molecule has 0 saturated carbocycles. The number of anilines is 1. The van der Waals surface area contributed by atoms with Crippen LogP contribution in [0.15, 0.2) is 18.2 Å². The number of nitrogens with two attached hydrogens (primary N) is 1. The van der Waals surface area contributed by atoms with Crippen molar-refractivity contribution in [3.8, 4) is 5.75 Å². The molecule has 1 aromatic carbocycles. The van der Waals surface area contributed by atoms with Crippen molar-refractivity contribution in [3.63, 3.8) is 0 Å². The molecule has 1 unspecified atom stereocenters. The zero-order valence-corrected chi connectivity index (χ0v) is 12.6. The summed E-state index contributed by atoms with van der Waals surface area (Å²) in [6, 6.07) is 4.95. The van der Waals surface area contributed by atoms with Gasteiger partial charge in [0, 0.05) is 5.69 Å². The Balaban J connectivity index is 2.82. The number of carbonyl (C=O) groups excluding carboxylic acids is 1. The Labute approximate surface area is 120 Å². The van der Waals surface area contributed by atoms with E-state index in [1.807, 2.05) is 6.92 Å². The highest BCUT2D eigenvalue weighted by molar-refractivity contribution is 5.85. The predicted octanol–water partition coefficient (Wildman–Crippen LogP) is 3.19. The van der Waals surface area contributed by atoms with Crippen LogP contribution in [-0.2, 0) is 4.74 Å². The Hall–Kier alpha value is -1.75. The molecule has 0 saturated heterocycles. The van der Waals surface area contributed by atoms with Gasteiger partial charge in [0.2, 0.25) is 0 Å². The Morgan fingerprint density at radius 1 is 1.45 bits per heavy atom. The molecule has 0 aliphatic rings. The van der Waals surface area contributed by atoms with Gasteiger partial charge in [-0.1, -0.05) is 6.92 Å². The second-order valence-corrected chi connectivity index (χ2v) is 5.88. The molecule has 1 rings (SSSR count). The van der Waals surface area contributed by atoms with Crippen molar-refractivity contribution < 1.29 is 14.6 Å². The van der Waals surface area contributed by atoms with Crippen LogP contribution in [0.4, 0.5) is 10.5 Å². The lowest BCUT2D eigenvalue weighted by atomic mass is 9.96. The number of phenolic OH excluding ortho intramolecular Hbond substituents is 1. The minimum Gasteiger partial charge on any atom is -0.508 e. The highest BCUT2D eigenvalue weighted by atomic mass is 16.6. The zero-order chi connectivity index (χ0) is 15.3. The lowest BCUT2D eigenvalue weighted by Gasteiger charge is -2.20. The van der Waals surface area contributed by atoms with Crippen molar-refractivity contribution in [1.82, 2.24) is 0 Å². The SMILES string of the molecule is CC(CCN)c1cc(NC(=O)OC(C)(C)C)ccc1O. The normalized spacial score (nSPS) is 12.8. The first kappa shape index (κ1) is 16.3. The van der Waals surface area contributed by atoms with Gasteiger partial charge >= 0.3 is 6.09 Å². The number of phenols is 1. The van der Waals surface area contributed by atoms with E-state index in [1.165, 1.54) is 0 Å². The van der Waals surface area contributed by atoms with E-state index in [9.17, 15) is 9.90 Å². The summed E-state index contributed by atoms with van der Waals surface area (Å²) in [5.41, 5.74) is 6.35. The molecule has 0 spiro atoms. The summed E-state index contributed by atoms with van der Waals surface area (Å²) in [5.74, 6) is 0.334. The van der Waals surface area contributed by atoms with Gasteiger partial charge in [-0.25, -0.2) is 4.79 Å².